The molecule has 1 atom stereocenters. The maximum atomic E-state index is 12.3. The minimum atomic E-state index is 0.278. The second kappa shape index (κ2) is 6.94. The van der Waals surface area contributed by atoms with Crippen LogP contribution in [0.2, 0.25) is 0 Å². The van der Waals surface area contributed by atoms with E-state index in [0.717, 1.165) is 37.2 Å². The first-order valence-corrected chi connectivity index (χ1v) is 10.8. The Balaban J connectivity index is 1.40. The van der Waals surface area contributed by atoms with E-state index in [4.69, 9.17) is 0 Å². The summed E-state index contributed by atoms with van der Waals surface area (Å²) < 4.78 is 0. The third-order valence-electron chi connectivity index (χ3n) is 7.28. The predicted molar refractivity (Wildman–Crippen MR) is 112 cm³/mol. The van der Waals surface area contributed by atoms with Gasteiger partial charge in [-0.25, -0.2) is 0 Å². The van der Waals surface area contributed by atoms with Crippen LogP contribution >= 0.6 is 0 Å². The molecule has 5 rings (SSSR count). The predicted octanol–water partition coefficient (Wildman–Crippen LogP) is 4.67. The summed E-state index contributed by atoms with van der Waals surface area (Å²) in [4.78, 5) is 17.6. The minimum Gasteiger partial charge on any atom is -0.370 e. The number of ketones is 1. The Morgan fingerprint density at radius 3 is 2.67 bits per heavy atom. The molecule has 0 spiro atoms. The van der Waals surface area contributed by atoms with E-state index in [1.54, 1.807) is 0 Å². The molecule has 0 amide bonds. The number of anilines is 1. The molecule has 1 unspecified atom stereocenters. The lowest BCUT2D eigenvalue weighted by Crippen LogP contribution is -2.40. The molecule has 1 aliphatic heterocycles. The van der Waals surface area contributed by atoms with Gasteiger partial charge in [0.05, 0.1) is 0 Å². The van der Waals surface area contributed by atoms with Crippen molar-refractivity contribution in [2.24, 2.45) is 5.92 Å². The van der Waals surface area contributed by atoms with Crippen molar-refractivity contribution in [1.82, 2.24) is 4.90 Å². The van der Waals surface area contributed by atoms with Crippen LogP contribution < -0.4 is 4.90 Å². The number of benzene rings is 2. The van der Waals surface area contributed by atoms with Gasteiger partial charge < -0.3 is 4.90 Å². The lowest BCUT2D eigenvalue weighted by atomic mass is 9.98. The summed E-state index contributed by atoms with van der Waals surface area (Å²) in [5.41, 5.74) is 3.46. The minimum absolute atomic E-state index is 0.278. The van der Waals surface area contributed by atoms with Gasteiger partial charge >= 0.3 is 0 Å². The molecule has 142 valence electrons. The summed E-state index contributed by atoms with van der Waals surface area (Å²) in [7, 11) is 0. The SMILES string of the molecule is CC(C1CCCC1)N1CCCN(c2ccc3c4c(cccc24)C(=O)C3)CC1. The maximum Gasteiger partial charge on any atom is 0.167 e. The quantitative estimate of drug-likeness (QED) is 0.793. The van der Waals surface area contributed by atoms with Crippen molar-refractivity contribution in [3.63, 3.8) is 0 Å². The van der Waals surface area contributed by atoms with Crippen molar-refractivity contribution < 1.29 is 4.79 Å². The highest BCUT2D eigenvalue weighted by molar-refractivity contribution is 6.17. The molecule has 0 radical (unpaired) electrons. The molecule has 1 saturated heterocycles. The first-order valence-electron chi connectivity index (χ1n) is 10.8. The first-order chi connectivity index (χ1) is 13.2. The van der Waals surface area contributed by atoms with E-state index < -0.39 is 0 Å². The highest BCUT2D eigenvalue weighted by Crippen LogP contribution is 2.37. The van der Waals surface area contributed by atoms with Gasteiger partial charge in [0, 0.05) is 55.3 Å². The van der Waals surface area contributed by atoms with Crippen LogP contribution in [-0.2, 0) is 6.42 Å². The Morgan fingerprint density at radius 1 is 0.963 bits per heavy atom. The summed E-state index contributed by atoms with van der Waals surface area (Å²) in [6.45, 7) is 7.02. The molecular weight excluding hydrogens is 332 g/mol. The van der Waals surface area contributed by atoms with Crippen LogP contribution in [-0.4, -0.2) is 42.9 Å². The molecule has 27 heavy (non-hydrogen) atoms. The summed E-state index contributed by atoms with van der Waals surface area (Å²) in [6, 6.07) is 11.4. The molecule has 0 aromatic heterocycles. The van der Waals surface area contributed by atoms with Crippen LogP contribution in [0.1, 0.15) is 54.9 Å². The van der Waals surface area contributed by atoms with E-state index in [2.05, 4.69) is 41.0 Å². The van der Waals surface area contributed by atoms with Crippen molar-refractivity contribution in [3.8, 4) is 0 Å². The average molecular weight is 363 g/mol. The van der Waals surface area contributed by atoms with Crippen molar-refractivity contribution in [1.29, 1.82) is 0 Å². The van der Waals surface area contributed by atoms with Gasteiger partial charge in [-0.3, -0.25) is 9.69 Å². The third-order valence-corrected chi connectivity index (χ3v) is 7.28. The van der Waals surface area contributed by atoms with Crippen molar-refractivity contribution in [2.45, 2.75) is 51.5 Å². The fraction of sp³-hybridized carbons (Fsp3) is 0.542. The van der Waals surface area contributed by atoms with Gasteiger partial charge in [0.15, 0.2) is 5.78 Å². The third kappa shape index (κ3) is 2.97. The van der Waals surface area contributed by atoms with E-state index in [9.17, 15) is 4.79 Å². The zero-order valence-corrected chi connectivity index (χ0v) is 16.4. The van der Waals surface area contributed by atoms with Crippen LogP contribution in [0.5, 0.6) is 0 Å². The molecule has 2 fully saturated rings. The second-order valence-corrected chi connectivity index (χ2v) is 8.73. The Bertz CT molecular complexity index is 868. The summed E-state index contributed by atoms with van der Waals surface area (Å²) >= 11 is 0. The molecule has 1 saturated carbocycles. The molecule has 2 aromatic carbocycles. The number of Topliss-reactive ketones (excluding diaryl/α,β-unsaturated/α-hetero) is 1. The van der Waals surface area contributed by atoms with E-state index in [-0.39, 0.29) is 5.78 Å². The first kappa shape index (κ1) is 17.2. The molecule has 3 heteroatoms. The van der Waals surface area contributed by atoms with E-state index in [0.29, 0.717) is 6.42 Å². The Kier molecular flexibility index (Phi) is 4.43. The Morgan fingerprint density at radius 2 is 1.81 bits per heavy atom. The molecule has 3 aliphatic rings. The zero-order chi connectivity index (χ0) is 18.4. The lowest BCUT2D eigenvalue weighted by molar-refractivity contribution is 0.1000. The van der Waals surface area contributed by atoms with Crippen molar-refractivity contribution in [3.05, 3.63) is 41.5 Å². The number of rotatable bonds is 3. The zero-order valence-electron chi connectivity index (χ0n) is 16.4. The normalized spacial score (nSPS) is 22.6. The van der Waals surface area contributed by atoms with Gasteiger partial charge in [0.25, 0.3) is 0 Å². The van der Waals surface area contributed by atoms with Gasteiger partial charge in [-0.1, -0.05) is 37.1 Å². The molecular formula is C24H30N2O. The Labute approximate surface area is 162 Å². The Hall–Kier alpha value is -1.87. The molecule has 1 heterocycles. The number of hydrogen-bond donors (Lipinski definition) is 0. The summed E-state index contributed by atoms with van der Waals surface area (Å²) in [5.74, 6) is 1.18. The second-order valence-electron chi connectivity index (χ2n) is 8.73. The number of carbonyl (C=O) groups excluding carboxylic acids is 1. The summed E-state index contributed by atoms with van der Waals surface area (Å²) in [5, 5.41) is 2.48. The average Bonchev–Trinajstić information content (AvgIpc) is 3.25. The standard InChI is InChI=1S/C24H30N2O/c1-17(18-6-2-3-7-18)25-12-5-13-26(15-14-25)22-11-10-19-16-23(27)21-9-4-8-20(22)24(19)21/h4,8-11,17-18H,2-3,5-7,12-16H2,1H3. The topological polar surface area (TPSA) is 23.6 Å². The fourth-order valence-electron chi connectivity index (χ4n) is 5.71. The van der Waals surface area contributed by atoms with Gasteiger partial charge in [-0.05, 0) is 49.1 Å². The monoisotopic (exact) mass is 362 g/mol. The van der Waals surface area contributed by atoms with Crippen molar-refractivity contribution >= 4 is 22.2 Å². The van der Waals surface area contributed by atoms with Gasteiger partial charge in [-0.2, -0.15) is 0 Å². The molecule has 2 aliphatic carbocycles. The van der Waals surface area contributed by atoms with Gasteiger partial charge in [0.1, 0.15) is 0 Å². The molecule has 2 aromatic rings. The molecule has 0 bridgehead atoms. The van der Waals surface area contributed by atoms with Crippen LogP contribution in [0.3, 0.4) is 0 Å². The van der Waals surface area contributed by atoms with Gasteiger partial charge in [-0.15, -0.1) is 0 Å². The maximum absolute atomic E-state index is 12.3. The smallest absolute Gasteiger partial charge is 0.167 e. The van der Waals surface area contributed by atoms with E-state index in [1.165, 1.54) is 60.7 Å². The highest BCUT2D eigenvalue weighted by Gasteiger charge is 2.29. The largest absolute Gasteiger partial charge is 0.370 e. The van der Waals surface area contributed by atoms with Crippen LogP contribution in [0.4, 0.5) is 5.69 Å². The molecule has 3 nitrogen and oxygen atoms in total. The highest BCUT2D eigenvalue weighted by atomic mass is 16.1. The fourth-order valence-corrected chi connectivity index (χ4v) is 5.71. The summed E-state index contributed by atoms with van der Waals surface area (Å²) in [6.07, 6.45) is 7.49. The van der Waals surface area contributed by atoms with Crippen LogP contribution in [0.25, 0.3) is 10.8 Å². The number of hydrogen-bond acceptors (Lipinski definition) is 3. The van der Waals surface area contributed by atoms with Crippen LogP contribution in [0.15, 0.2) is 30.3 Å². The van der Waals surface area contributed by atoms with Crippen molar-refractivity contribution in [2.75, 3.05) is 31.1 Å². The molecule has 0 N–H and O–H groups in total. The van der Waals surface area contributed by atoms with E-state index >= 15 is 0 Å². The lowest BCUT2D eigenvalue weighted by Gasteiger charge is -2.32. The van der Waals surface area contributed by atoms with Gasteiger partial charge in [0.2, 0.25) is 0 Å². The van der Waals surface area contributed by atoms with Crippen LogP contribution in [0, 0.1) is 5.92 Å². The number of carbonyl (C=O) groups is 1. The number of nitrogens with zero attached hydrogens (tertiary/aromatic N) is 2. The van der Waals surface area contributed by atoms with E-state index in [1.807, 2.05) is 6.07 Å².